The van der Waals surface area contributed by atoms with E-state index < -0.39 is 18.6 Å². The van der Waals surface area contributed by atoms with Crippen molar-refractivity contribution in [1.82, 2.24) is 14.9 Å². The highest BCUT2D eigenvalue weighted by Gasteiger charge is 2.29. The van der Waals surface area contributed by atoms with Crippen molar-refractivity contribution in [3.63, 3.8) is 0 Å². The van der Waals surface area contributed by atoms with Gasteiger partial charge in [0.1, 0.15) is 35.1 Å². The summed E-state index contributed by atoms with van der Waals surface area (Å²) >= 11 is 0. The molecule has 7 nitrogen and oxygen atoms in total. The molecule has 0 spiro atoms. The van der Waals surface area contributed by atoms with Crippen molar-refractivity contribution in [3.8, 4) is 11.5 Å². The predicted molar refractivity (Wildman–Crippen MR) is 143 cm³/mol. The second kappa shape index (κ2) is 12.2. The Morgan fingerprint density at radius 1 is 1.11 bits per heavy atom. The van der Waals surface area contributed by atoms with Crippen molar-refractivity contribution in [3.05, 3.63) is 42.0 Å². The fraction of sp³-hybridized carbons (Fsp3) is 0.462. The second-order valence-electron chi connectivity index (χ2n) is 9.25. The van der Waals surface area contributed by atoms with E-state index in [1.54, 1.807) is 0 Å². The number of halogens is 4. The van der Waals surface area contributed by atoms with Gasteiger partial charge in [-0.2, -0.15) is 13.2 Å². The van der Waals surface area contributed by atoms with Crippen LogP contribution in [-0.2, 0) is 10.7 Å². The number of benzene rings is 2. The van der Waals surface area contributed by atoms with Crippen molar-refractivity contribution >= 4 is 38.8 Å². The van der Waals surface area contributed by atoms with Gasteiger partial charge in [-0.05, 0) is 70.0 Å². The summed E-state index contributed by atoms with van der Waals surface area (Å²) < 4.78 is 68.0. The molecule has 1 aliphatic heterocycles. The third kappa shape index (κ3) is 7.31. The van der Waals surface area contributed by atoms with Gasteiger partial charge in [0, 0.05) is 23.6 Å². The fourth-order valence-electron chi connectivity index (χ4n) is 4.40. The molecule has 0 unspecified atom stereocenters. The highest BCUT2D eigenvalue weighted by atomic mass is 32.2. The molecule has 12 heteroatoms. The van der Waals surface area contributed by atoms with E-state index in [1.165, 1.54) is 25.2 Å². The van der Waals surface area contributed by atoms with Crippen LogP contribution in [0.25, 0.3) is 10.9 Å². The normalized spacial score (nSPS) is 14.3. The maximum atomic E-state index is 13.8. The topological polar surface area (TPSA) is 71.9 Å². The average molecular weight is 554 g/mol. The summed E-state index contributed by atoms with van der Waals surface area (Å²) in [5, 5.41) is 3.63. The summed E-state index contributed by atoms with van der Waals surface area (Å²) in [7, 11) is -0.255. The number of anilines is 2. The average Bonchev–Trinajstić information content (AvgIpc) is 3.36. The van der Waals surface area contributed by atoms with Gasteiger partial charge < -0.3 is 19.7 Å². The molecule has 0 atom stereocenters. The van der Waals surface area contributed by atoms with E-state index in [2.05, 4.69) is 20.2 Å². The van der Waals surface area contributed by atoms with Gasteiger partial charge in [0.2, 0.25) is 0 Å². The minimum absolute atomic E-state index is 0.139. The molecule has 1 saturated heterocycles. The molecule has 4 rings (SSSR count). The van der Waals surface area contributed by atoms with E-state index in [9.17, 15) is 17.6 Å². The quantitative estimate of drug-likeness (QED) is 0.234. The zero-order chi connectivity index (χ0) is 27.3. The number of aromatic nitrogens is 2. The van der Waals surface area contributed by atoms with Crippen LogP contribution in [0, 0.1) is 12.7 Å². The Balaban J connectivity index is 1.67. The highest BCUT2D eigenvalue weighted by molar-refractivity contribution is 7.85. The third-order valence-corrected chi connectivity index (χ3v) is 6.59. The Morgan fingerprint density at radius 3 is 2.58 bits per heavy atom. The molecule has 2 heterocycles. The predicted octanol–water partition coefficient (Wildman–Crippen LogP) is 6.32. The van der Waals surface area contributed by atoms with Crippen molar-refractivity contribution in [2.24, 2.45) is 4.36 Å². The van der Waals surface area contributed by atoms with Crippen LogP contribution < -0.4 is 14.8 Å². The molecule has 1 aliphatic rings. The number of hydrogen-bond acceptors (Lipinski definition) is 7. The number of nitrogens with one attached hydrogen (secondary N) is 1. The second-order valence-corrected chi connectivity index (χ2v) is 11.0. The molecule has 0 amide bonds. The Kier molecular flexibility index (Phi) is 9.03. The van der Waals surface area contributed by atoms with Crippen molar-refractivity contribution in [2.45, 2.75) is 32.4 Å². The minimum atomic E-state index is -4.57. The van der Waals surface area contributed by atoms with Gasteiger partial charge in [-0.1, -0.05) is 0 Å². The molecule has 0 bridgehead atoms. The van der Waals surface area contributed by atoms with Crippen LogP contribution in [0.15, 0.2) is 35.0 Å². The van der Waals surface area contributed by atoms with Crippen LogP contribution in [0.3, 0.4) is 0 Å². The standard InChI is InChI=1S/C26H31F4N5O2S/c1-17-23-20(14-21(34-38(2)3)24(17)36-12-6-11-35-9-4-5-10-35)31-16-32-25(23)33-19-8-7-18(27)13-22(19)37-15-26(28,29)30/h7-8,13-14,16H,4-6,9-12,15H2,1-3H3,(H,31,32,33). The summed E-state index contributed by atoms with van der Waals surface area (Å²) in [4.78, 5) is 11.2. The SMILES string of the molecule is Cc1c(OCCCN2CCCC2)c(N=S(C)C)cc2ncnc(Nc3ccc(F)cc3OCC(F)(F)F)c12. The van der Waals surface area contributed by atoms with Crippen molar-refractivity contribution < 1.29 is 27.0 Å². The maximum Gasteiger partial charge on any atom is 0.422 e. The molecule has 38 heavy (non-hydrogen) atoms. The molecule has 0 aliphatic carbocycles. The van der Waals surface area contributed by atoms with E-state index >= 15 is 0 Å². The van der Waals surface area contributed by atoms with E-state index in [-0.39, 0.29) is 22.1 Å². The van der Waals surface area contributed by atoms with Gasteiger partial charge in [-0.3, -0.25) is 0 Å². The number of aryl methyl sites for hydroxylation is 1. The van der Waals surface area contributed by atoms with Crippen LogP contribution in [-0.4, -0.2) is 66.4 Å². The number of hydrogen-bond donors (Lipinski definition) is 1. The minimum Gasteiger partial charge on any atom is -0.491 e. The fourth-order valence-corrected chi connectivity index (χ4v) is 4.92. The summed E-state index contributed by atoms with van der Waals surface area (Å²) in [5.41, 5.74) is 2.16. The lowest BCUT2D eigenvalue weighted by Gasteiger charge is -2.19. The molecule has 0 saturated carbocycles. The Hall–Kier alpha value is -2.99. The van der Waals surface area contributed by atoms with Crippen molar-refractivity contribution in [1.29, 1.82) is 0 Å². The lowest BCUT2D eigenvalue weighted by atomic mass is 10.1. The molecule has 1 aromatic heterocycles. The van der Waals surface area contributed by atoms with Gasteiger partial charge >= 0.3 is 6.18 Å². The number of likely N-dealkylation sites (tertiary alicyclic amines) is 1. The molecule has 1 N–H and O–H groups in total. The van der Waals surface area contributed by atoms with Crippen molar-refractivity contribution in [2.75, 3.05) is 50.7 Å². The largest absolute Gasteiger partial charge is 0.491 e. The van der Waals surface area contributed by atoms with Gasteiger partial charge in [-0.15, -0.1) is 10.7 Å². The van der Waals surface area contributed by atoms with Gasteiger partial charge in [0.25, 0.3) is 0 Å². The van der Waals surface area contributed by atoms with E-state index in [0.29, 0.717) is 34.8 Å². The number of nitrogens with zero attached hydrogens (tertiary/aromatic N) is 4. The van der Waals surface area contributed by atoms with Crippen LogP contribution in [0.2, 0.25) is 0 Å². The van der Waals surface area contributed by atoms with E-state index in [4.69, 9.17) is 13.8 Å². The lowest BCUT2D eigenvalue weighted by molar-refractivity contribution is -0.153. The van der Waals surface area contributed by atoms with Gasteiger partial charge in [-0.25, -0.2) is 18.7 Å². The molecular formula is C26H31F4N5O2S. The lowest BCUT2D eigenvalue weighted by Crippen LogP contribution is -2.22. The molecule has 1 fully saturated rings. The summed E-state index contributed by atoms with van der Waals surface area (Å²) in [6, 6.07) is 5.17. The molecule has 3 aromatic rings. The van der Waals surface area contributed by atoms with Crippen LogP contribution in [0.5, 0.6) is 11.5 Å². The number of ether oxygens (including phenoxy) is 2. The number of alkyl halides is 3. The van der Waals surface area contributed by atoms with Crippen LogP contribution in [0.1, 0.15) is 24.8 Å². The summed E-state index contributed by atoms with van der Waals surface area (Å²) in [6.45, 7) is 4.04. The number of rotatable bonds is 10. The van der Waals surface area contributed by atoms with Gasteiger partial charge in [0.05, 0.1) is 17.8 Å². The number of fused-ring (bicyclic) bond motifs is 1. The van der Waals surface area contributed by atoms with Gasteiger partial charge in [0.15, 0.2) is 6.61 Å². The van der Waals surface area contributed by atoms with Crippen LogP contribution >= 0.6 is 0 Å². The first-order chi connectivity index (χ1) is 18.1. The van der Waals surface area contributed by atoms with E-state index in [0.717, 1.165) is 43.8 Å². The molecular weight excluding hydrogens is 522 g/mol. The Morgan fingerprint density at radius 2 is 1.87 bits per heavy atom. The zero-order valence-corrected chi connectivity index (χ0v) is 22.4. The highest BCUT2D eigenvalue weighted by Crippen LogP contribution is 2.41. The maximum absolute atomic E-state index is 13.8. The first kappa shape index (κ1) is 28.0. The van der Waals surface area contributed by atoms with E-state index in [1.807, 2.05) is 25.5 Å². The Bertz CT molecular complexity index is 1310. The molecule has 0 radical (unpaired) electrons. The first-order valence-corrected chi connectivity index (χ1v) is 14.3. The monoisotopic (exact) mass is 553 g/mol. The smallest absolute Gasteiger partial charge is 0.422 e. The molecule has 2 aromatic carbocycles. The van der Waals surface area contributed by atoms with Crippen LogP contribution in [0.4, 0.5) is 34.8 Å². The molecule has 206 valence electrons. The Labute approximate surface area is 221 Å². The summed E-state index contributed by atoms with van der Waals surface area (Å²) in [5.74, 6) is -0.0540. The zero-order valence-electron chi connectivity index (χ0n) is 21.6. The third-order valence-electron chi connectivity index (χ3n) is 6.03. The first-order valence-electron chi connectivity index (χ1n) is 12.3. The summed E-state index contributed by atoms with van der Waals surface area (Å²) in [6.07, 6.45) is 4.11.